The second-order valence-corrected chi connectivity index (χ2v) is 2.73. The highest BCUT2D eigenvalue weighted by Gasteiger charge is 2.07. The van der Waals surface area contributed by atoms with E-state index in [0.29, 0.717) is 0 Å². The van der Waals surface area contributed by atoms with E-state index >= 15 is 0 Å². The third-order valence-electron chi connectivity index (χ3n) is 1.56. The zero-order chi connectivity index (χ0) is 9.30. The van der Waals surface area contributed by atoms with Crippen molar-refractivity contribution in [1.29, 1.82) is 0 Å². The van der Waals surface area contributed by atoms with Gasteiger partial charge in [-0.05, 0) is 18.6 Å². The second-order valence-electron chi connectivity index (χ2n) is 2.32. The number of benzene rings is 1. The molecular weight excluding hydrogens is 183 g/mol. The first-order valence-electron chi connectivity index (χ1n) is 3.20. The van der Waals surface area contributed by atoms with Gasteiger partial charge in [-0.25, -0.2) is 4.39 Å². The minimum Gasteiger partial charge on any atom is -0.545 e. The van der Waals surface area contributed by atoms with Gasteiger partial charge in [-0.3, -0.25) is 0 Å². The fraction of sp³-hybridized carbons (Fsp3) is 0.125. The van der Waals surface area contributed by atoms with Crippen molar-refractivity contribution in [1.82, 2.24) is 0 Å². The van der Waals surface area contributed by atoms with Crippen LogP contribution < -0.4 is 5.11 Å². The lowest BCUT2D eigenvalue weighted by Gasteiger charge is -2.07. The molecule has 0 heterocycles. The molecule has 0 atom stereocenters. The van der Waals surface area contributed by atoms with Crippen LogP contribution in [0.4, 0.5) is 4.39 Å². The van der Waals surface area contributed by atoms with Crippen LogP contribution in [0, 0.1) is 12.7 Å². The summed E-state index contributed by atoms with van der Waals surface area (Å²) in [5.41, 5.74) is -0.167. The molecule has 1 aromatic carbocycles. The van der Waals surface area contributed by atoms with Crippen molar-refractivity contribution in [2.75, 3.05) is 0 Å². The van der Waals surface area contributed by atoms with Crippen molar-refractivity contribution >= 4 is 17.6 Å². The Morgan fingerprint density at radius 3 is 2.67 bits per heavy atom. The van der Waals surface area contributed by atoms with Crippen LogP contribution in [-0.4, -0.2) is 5.97 Å². The van der Waals surface area contributed by atoms with Crippen molar-refractivity contribution < 1.29 is 14.3 Å². The molecule has 1 rings (SSSR count). The lowest BCUT2D eigenvalue weighted by atomic mass is 10.1. The summed E-state index contributed by atoms with van der Waals surface area (Å²) in [6, 6.07) is 2.41. The standard InChI is InChI=1S/C8H6ClFO2/c1-4-5(8(11)12)2-3-6(9)7(4)10/h2-3H,1H3,(H,11,12)/p-1. The van der Waals surface area contributed by atoms with E-state index in [2.05, 4.69) is 0 Å². The largest absolute Gasteiger partial charge is 0.545 e. The monoisotopic (exact) mass is 187 g/mol. The molecule has 0 bridgehead atoms. The van der Waals surface area contributed by atoms with Crippen LogP contribution in [0.25, 0.3) is 0 Å². The molecule has 0 aromatic heterocycles. The van der Waals surface area contributed by atoms with Crippen molar-refractivity contribution in [3.8, 4) is 0 Å². The zero-order valence-electron chi connectivity index (χ0n) is 6.23. The number of halogens is 2. The Kier molecular flexibility index (Phi) is 2.33. The number of carbonyl (C=O) groups excluding carboxylic acids is 1. The average molecular weight is 188 g/mol. The third kappa shape index (κ3) is 1.41. The number of carboxylic acids is 1. The van der Waals surface area contributed by atoms with Crippen LogP contribution in [-0.2, 0) is 0 Å². The number of carboxylic acid groups (broad SMARTS) is 1. The summed E-state index contributed by atoms with van der Waals surface area (Å²) < 4.78 is 12.9. The molecular formula is C8H5ClFO2-. The molecule has 12 heavy (non-hydrogen) atoms. The molecule has 4 heteroatoms. The smallest absolute Gasteiger partial charge is 0.145 e. The third-order valence-corrected chi connectivity index (χ3v) is 1.85. The van der Waals surface area contributed by atoms with Gasteiger partial charge in [0.1, 0.15) is 5.82 Å². The van der Waals surface area contributed by atoms with Gasteiger partial charge in [0, 0.05) is 5.56 Å². The Morgan fingerprint density at radius 1 is 1.58 bits per heavy atom. The van der Waals surface area contributed by atoms with Crippen molar-refractivity contribution in [3.63, 3.8) is 0 Å². The fourth-order valence-electron chi connectivity index (χ4n) is 0.873. The van der Waals surface area contributed by atoms with E-state index < -0.39 is 11.8 Å². The molecule has 64 valence electrons. The second kappa shape index (κ2) is 3.11. The Balaban J connectivity index is 3.36. The van der Waals surface area contributed by atoms with Crippen LogP contribution in [0.2, 0.25) is 5.02 Å². The molecule has 0 saturated carbocycles. The summed E-state index contributed by atoms with van der Waals surface area (Å²) >= 11 is 5.40. The maximum atomic E-state index is 12.9. The van der Waals surface area contributed by atoms with Gasteiger partial charge in [-0.2, -0.15) is 0 Å². The van der Waals surface area contributed by atoms with Crippen LogP contribution in [0.1, 0.15) is 15.9 Å². The van der Waals surface area contributed by atoms with Gasteiger partial charge in [0.2, 0.25) is 0 Å². The predicted octanol–water partition coefficient (Wildman–Crippen LogP) is 1.15. The van der Waals surface area contributed by atoms with E-state index in [9.17, 15) is 14.3 Å². The Hall–Kier alpha value is -1.09. The summed E-state index contributed by atoms with van der Waals surface area (Å²) in [6.45, 7) is 1.34. The number of hydrogen-bond donors (Lipinski definition) is 0. The first-order valence-corrected chi connectivity index (χ1v) is 3.57. The molecule has 0 aliphatic heterocycles. The zero-order valence-corrected chi connectivity index (χ0v) is 6.98. The van der Waals surface area contributed by atoms with Gasteiger partial charge in [0.05, 0.1) is 11.0 Å². The molecule has 0 saturated heterocycles. The van der Waals surface area contributed by atoms with E-state index in [1.54, 1.807) is 0 Å². The van der Waals surface area contributed by atoms with Crippen LogP contribution >= 0.6 is 11.6 Å². The number of hydrogen-bond acceptors (Lipinski definition) is 2. The molecule has 0 unspecified atom stereocenters. The molecule has 0 aliphatic rings. The minimum absolute atomic E-state index is 0.00231. The van der Waals surface area contributed by atoms with Crippen LogP contribution in [0.15, 0.2) is 12.1 Å². The van der Waals surface area contributed by atoms with Crippen LogP contribution in [0.3, 0.4) is 0 Å². The van der Waals surface area contributed by atoms with Gasteiger partial charge >= 0.3 is 0 Å². The number of rotatable bonds is 1. The first-order chi connectivity index (χ1) is 5.54. The Morgan fingerprint density at radius 2 is 2.17 bits per heavy atom. The molecule has 0 N–H and O–H groups in total. The normalized spacial score (nSPS) is 9.92. The van der Waals surface area contributed by atoms with E-state index in [-0.39, 0.29) is 16.1 Å². The predicted molar refractivity (Wildman–Crippen MR) is 40.5 cm³/mol. The number of carbonyl (C=O) groups is 1. The fourth-order valence-corrected chi connectivity index (χ4v) is 1.08. The lowest BCUT2D eigenvalue weighted by molar-refractivity contribution is -0.255. The van der Waals surface area contributed by atoms with E-state index in [1.165, 1.54) is 19.1 Å². The van der Waals surface area contributed by atoms with Gasteiger partial charge in [0.15, 0.2) is 0 Å². The summed E-state index contributed by atoms with van der Waals surface area (Å²) in [7, 11) is 0. The molecule has 2 nitrogen and oxygen atoms in total. The quantitative estimate of drug-likeness (QED) is 0.662. The van der Waals surface area contributed by atoms with E-state index in [1.807, 2.05) is 0 Å². The highest BCUT2D eigenvalue weighted by atomic mass is 35.5. The van der Waals surface area contributed by atoms with E-state index in [0.717, 1.165) is 0 Å². The van der Waals surface area contributed by atoms with Gasteiger partial charge in [0.25, 0.3) is 0 Å². The van der Waals surface area contributed by atoms with E-state index in [4.69, 9.17) is 11.6 Å². The van der Waals surface area contributed by atoms with Gasteiger partial charge < -0.3 is 9.90 Å². The maximum absolute atomic E-state index is 12.9. The maximum Gasteiger partial charge on any atom is 0.145 e. The molecule has 0 spiro atoms. The average Bonchev–Trinajstić information content (AvgIpc) is 2.00. The van der Waals surface area contributed by atoms with Crippen molar-refractivity contribution in [3.05, 3.63) is 34.1 Å². The molecule has 0 aliphatic carbocycles. The highest BCUT2D eigenvalue weighted by Crippen LogP contribution is 2.20. The summed E-state index contributed by atoms with van der Waals surface area (Å²) in [5, 5.41) is 10.3. The van der Waals surface area contributed by atoms with Crippen molar-refractivity contribution in [2.24, 2.45) is 0 Å². The van der Waals surface area contributed by atoms with Crippen molar-refractivity contribution in [2.45, 2.75) is 6.92 Å². The topological polar surface area (TPSA) is 40.1 Å². The lowest BCUT2D eigenvalue weighted by Crippen LogP contribution is -2.23. The first kappa shape index (κ1) is 9.00. The van der Waals surface area contributed by atoms with Gasteiger partial charge in [-0.15, -0.1) is 0 Å². The minimum atomic E-state index is -1.40. The molecule has 0 amide bonds. The summed E-state index contributed by atoms with van der Waals surface area (Å²) in [5.74, 6) is -2.11. The Labute approximate surface area is 73.6 Å². The Bertz CT molecular complexity index is 336. The SMILES string of the molecule is Cc1c(C(=O)[O-])ccc(Cl)c1F. The molecule has 1 aromatic rings. The number of aromatic carboxylic acids is 1. The summed E-state index contributed by atoms with van der Waals surface area (Å²) in [6.07, 6.45) is 0. The summed E-state index contributed by atoms with van der Waals surface area (Å²) in [4.78, 5) is 10.4. The highest BCUT2D eigenvalue weighted by molar-refractivity contribution is 6.30. The molecule has 0 radical (unpaired) electrons. The van der Waals surface area contributed by atoms with Gasteiger partial charge in [-0.1, -0.05) is 17.7 Å². The van der Waals surface area contributed by atoms with Crippen LogP contribution in [0.5, 0.6) is 0 Å². The molecule has 0 fully saturated rings.